The molecule has 0 radical (unpaired) electrons. The Hall–Kier alpha value is -1.13. The van der Waals surface area contributed by atoms with Crippen LogP contribution in [-0.4, -0.2) is 36.1 Å². The lowest BCUT2D eigenvalue weighted by Crippen LogP contribution is -2.25. The zero-order valence-corrected chi connectivity index (χ0v) is 10.2. The van der Waals surface area contributed by atoms with Crippen molar-refractivity contribution < 1.29 is 0 Å². The minimum atomic E-state index is -0.0265. The van der Waals surface area contributed by atoms with Crippen molar-refractivity contribution in [2.75, 3.05) is 26.2 Å². The number of H-pyrrole nitrogens is 1. The van der Waals surface area contributed by atoms with Gasteiger partial charge in [0.05, 0.1) is 0 Å². The molecule has 2 N–H and O–H groups in total. The molecule has 0 amide bonds. The number of rotatable bonds is 6. The zero-order valence-electron chi connectivity index (χ0n) is 10.2. The first kappa shape index (κ1) is 12.3. The van der Waals surface area contributed by atoms with Crippen LogP contribution in [0.25, 0.3) is 0 Å². The maximum absolute atomic E-state index is 11.1. The Balaban J connectivity index is 1.58. The van der Waals surface area contributed by atoms with Crippen molar-refractivity contribution >= 4 is 0 Å². The third-order valence-corrected chi connectivity index (χ3v) is 3.17. The Bertz CT molecular complexity index is 382. The fourth-order valence-corrected chi connectivity index (χ4v) is 2.25. The van der Waals surface area contributed by atoms with Crippen molar-refractivity contribution in [1.29, 1.82) is 0 Å². The molecule has 0 saturated carbocycles. The summed E-state index contributed by atoms with van der Waals surface area (Å²) in [7, 11) is 0. The molecule has 0 unspecified atom stereocenters. The Morgan fingerprint density at radius 3 is 2.88 bits per heavy atom. The number of aromatic nitrogens is 1. The van der Waals surface area contributed by atoms with Gasteiger partial charge in [0.15, 0.2) is 0 Å². The largest absolute Gasteiger partial charge is 0.325 e. The lowest BCUT2D eigenvalue weighted by atomic mass is 10.3. The number of nitrogens with zero attached hydrogens (tertiary/aromatic N) is 1. The van der Waals surface area contributed by atoms with Crippen LogP contribution in [0.1, 0.15) is 25.0 Å². The number of hydrogen-bond donors (Lipinski definition) is 2. The summed E-state index contributed by atoms with van der Waals surface area (Å²) in [5.74, 6) is 0. The van der Waals surface area contributed by atoms with Crippen molar-refractivity contribution in [2.24, 2.45) is 0 Å². The number of likely N-dealkylation sites (tertiary alicyclic amines) is 1. The SMILES string of the molecule is O=c1cccc(CNCCCN2CCCC2)[nH]1. The molecule has 1 aromatic rings. The Kier molecular flexibility index (Phi) is 4.76. The summed E-state index contributed by atoms with van der Waals surface area (Å²) in [5.41, 5.74) is 0.931. The molecule has 17 heavy (non-hydrogen) atoms. The summed E-state index contributed by atoms with van der Waals surface area (Å²) in [4.78, 5) is 16.4. The smallest absolute Gasteiger partial charge is 0.248 e. The second-order valence-corrected chi connectivity index (χ2v) is 4.62. The monoisotopic (exact) mass is 235 g/mol. The van der Waals surface area contributed by atoms with Crippen LogP contribution in [0.3, 0.4) is 0 Å². The average molecular weight is 235 g/mol. The highest BCUT2D eigenvalue weighted by Crippen LogP contribution is 2.06. The molecule has 0 bridgehead atoms. The molecule has 1 aliphatic heterocycles. The molecular weight excluding hydrogens is 214 g/mol. The van der Waals surface area contributed by atoms with Crippen LogP contribution in [0.15, 0.2) is 23.0 Å². The highest BCUT2D eigenvalue weighted by atomic mass is 16.1. The van der Waals surface area contributed by atoms with Crippen molar-refractivity contribution in [2.45, 2.75) is 25.8 Å². The first-order valence-electron chi connectivity index (χ1n) is 6.46. The molecule has 4 nitrogen and oxygen atoms in total. The summed E-state index contributed by atoms with van der Waals surface area (Å²) < 4.78 is 0. The van der Waals surface area contributed by atoms with E-state index in [4.69, 9.17) is 0 Å². The molecular formula is C13H21N3O. The summed E-state index contributed by atoms with van der Waals surface area (Å²) in [6, 6.07) is 5.27. The topological polar surface area (TPSA) is 48.1 Å². The number of aromatic amines is 1. The molecule has 1 aliphatic rings. The van der Waals surface area contributed by atoms with Gasteiger partial charge in [-0.1, -0.05) is 6.07 Å². The molecule has 2 rings (SSSR count). The molecule has 1 saturated heterocycles. The average Bonchev–Trinajstić information content (AvgIpc) is 2.82. The summed E-state index contributed by atoms with van der Waals surface area (Å²) in [6.45, 7) is 5.49. The van der Waals surface area contributed by atoms with Crippen LogP contribution in [0, 0.1) is 0 Å². The van der Waals surface area contributed by atoms with Crippen molar-refractivity contribution in [3.63, 3.8) is 0 Å². The van der Waals surface area contributed by atoms with E-state index in [1.165, 1.54) is 45.0 Å². The van der Waals surface area contributed by atoms with Gasteiger partial charge in [-0.25, -0.2) is 0 Å². The maximum Gasteiger partial charge on any atom is 0.248 e. The second kappa shape index (κ2) is 6.57. The van der Waals surface area contributed by atoms with Gasteiger partial charge < -0.3 is 15.2 Å². The molecule has 0 spiro atoms. The molecule has 2 heterocycles. The van der Waals surface area contributed by atoms with E-state index in [1.807, 2.05) is 6.07 Å². The van der Waals surface area contributed by atoms with Gasteiger partial charge in [0, 0.05) is 18.3 Å². The number of hydrogen-bond acceptors (Lipinski definition) is 3. The standard InChI is InChI=1S/C13H21N3O/c17-13-6-3-5-12(15-13)11-14-7-4-10-16-8-1-2-9-16/h3,5-6,14H,1-2,4,7-11H2,(H,15,17). The van der Waals surface area contributed by atoms with E-state index in [0.717, 1.165) is 18.8 Å². The first-order valence-corrected chi connectivity index (χ1v) is 6.46. The van der Waals surface area contributed by atoms with Gasteiger partial charge in [-0.3, -0.25) is 4.79 Å². The normalized spacial score (nSPS) is 16.5. The number of nitrogens with one attached hydrogen (secondary N) is 2. The van der Waals surface area contributed by atoms with E-state index in [0.29, 0.717) is 0 Å². The van der Waals surface area contributed by atoms with Crippen molar-refractivity contribution in [3.05, 3.63) is 34.2 Å². The Morgan fingerprint density at radius 1 is 1.29 bits per heavy atom. The molecule has 1 aromatic heterocycles. The van der Waals surface area contributed by atoms with Crippen LogP contribution in [0.4, 0.5) is 0 Å². The first-order chi connectivity index (χ1) is 8.34. The highest BCUT2D eigenvalue weighted by Gasteiger charge is 2.09. The molecule has 0 atom stereocenters. The predicted octanol–water partition coefficient (Wildman–Crippen LogP) is 0.950. The molecule has 94 valence electrons. The van der Waals surface area contributed by atoms with Crippen LogP contribution < -0.4 is 10.9 Å². The molecule has 4 heteroatoms. The highest BCUT2D eigenvalue weighted by molar-refractivity contribution is 5.03. The van der Waals surface area contributed by atoms with Gasteiger partial charge in [-0.2, -0.15) is 0 Å². The van der Waals surface area contributed by atoms with E-state index in [-0.39, 0.29) is 5.56 Å². The van der Waals surface area contributed by atoms with E-state index in [2.05, 4.69) is 15.2 Å². The van der Waals surface area contributed by atoms with Crippen molar-refractivity contribution in [1.82, 2.24) is 15.2 Å². The van der Waals surface area contributed by atoms with Crippen LogP contribution >= 0.6 is 0 Å². The van der Waals surface area contributed by atoms with E-state index in [1.54, 1.807) is 6.07 Å². The van der Waals surface area contributed by atoms with Gasteiger partial charge in [0.25, 0.3) is 0 Å². The fourth-order valence-electron chi connectivity index (χ4n) is 2.25. The molecule has 0 aromatic carbocycles. The van der Waals surface area contributed by atoms with Crippen LogP contribution in [-0.2, 0) is 6.54 Å². The Morgan fingerprint density at radius 2 is 2.12 bits per heavy atom. The molecule has 1 fully saturated rings. The van der Waals surface area contributed by atoms with Gasteiger partial charge >= 0.3 is 0 Å². The van der Waals surface area contributed by atoms with E-state index in [9.17, 15) is 4.79 Å². The fraction of sp³-hybridized carbons (Fsp3) is 0.615. The summed E-state index contributed by atoms with van der Waals surface area (Å²) in [6.07, 6.45) is 3.90. The molecule has 0 aliphatic carbocycles. The van der Waals surface area contributed by atoms with Crippen LogP contribution in [0.5, 0.6) is 0 Å². The van der Waals surface area contributed by atoms with Gasteiger partial charge in [0.1, 0.15) is 0 Å². The van der Waals surface area contributed by atoms with Gasteiger partial charge in [0.2, 0.25) is 5.56 Å². The quantitative estimate of drug-likeness (QED) is 0.722. The van der Waals surface area contributed by atoms with E-state index < -0.39 is 0 Å². The Labute approximate surface area is 102 Å². The minimum absolute atomic E-state index is 0.0265. The third-order valence-electron chi connectivity index (χ3n) is 3.17. The third kappa shape index (κ3) is 4.32. The number of pyridine rings is 1. The second-order valence-electron chi connectivity index (χ2n) is 4.62. The summed E-state index contributed by atoms with van der Waals surface area (Å²) in [5, 5.41) is 3.36. The lowest BCUT2D eigenvalue weighted by Gasteiger charge is -2.14. The van der Waals surface area contributed by atoms with E-state index >= 15 is 0 Å². The van der Waals surface area contributed by atoms with Gasteiger partial charge in [-0.15, -0.1) is 0 Å². The lowest BCUT2D eigenvalue weighted by molar-refractivity contribution is 0.331. The maximum atomic E-state index is 11.1. The van der Waals surface area contributed by atoms with Gasteiger partial charge in [-0.05, 0) is 51.5 Å². The van der Waals surface area contributed by atoms with Crippen molar-refractivity contribution in [3.8, 4) is 0 Å². The minimum Gasteiger partial charge on any atom is -0.325 e. The van der Waals surface area contributed by atoms with Crippen LogP contribution in [0.2, 0.25) is 0 Å². The predicted molar refractivity (Wildman–Crippen MR) is 69.1 cm³/mol. The zero-order chi connectivity index (χ0) is 11.9. The summed E-state index contributed by atoms with van der Waals surface area (Å²) >= 11 is 0.